The van der Waals surface area contributed by atoms with Crippen molar-refractivity contribution in [3.05, 3.63) is 64.6 Å². The Morgan fingerprint density at radius 3 is 2.67 bits per heavy atom. The first-order valence-electron chi connectivity index (χ1n) is 6.55. The second-order valence-electron chi connectivity index (χ2n) is 4.98. The number of hydrogen-bond donors (Lipinski definition) is 0. The first kappa shape index (κ1) is 14.1. The number of nitrogens with zero attached hydrogens (tertiary/aromatic N) is 1. The lowest BCUT2D eigenvalue weighted by Crippen LogP contribution is -2.32. The van der Waals surface area contributed by atoms with Crippen LogP contribution < -0.4 is 4.90 Å². The Morgan fingerprint density at radius 2 is 1.95 bits per heavy atom. The monoisotopic (exact) mass is 349 g/mol. The molecule has 5 heteroatoms. The molecule has 3 nitrogen and oxygen atoms in total. The number of amides is 1. The quantitative estimate of drug-likeness (QED) is 0.825. The van der Waals surface area contributed by atoms with E-state index in [0.717, 1.165) is 10.0 Å². The molecule has 0 bridgehead atoms. The van der Waals surface area contributed by atoms with E-state index in [4.69, 9.17) is 4.74 Å². The van der Waals surface area contributed by atoms with E-state index >= 15 is 0 Å². The van der Waals surface area contributed by atoms with Crippen LogP contribution in [-0.4, -0.2) is 18.5 Å². The molecular formula is C16H13BrFNO2. The fourth-order valence-corrected chi connectivity index (χ4v) is 2.77. The highest BCUT2D eigenvalue weighted by Gasteiger charge is 2.46. The van der Waals surface area contributed by atoms with Gasteiger partial charge in [-0.1, -0.05) is 52.3 Å². The van der Waals surface area contributed by atoms with Gasteiger partial charge in [0.2, 0.25) is 0 Å². The van der Waals surface area contributed by atoms with E-state index in [1.165, 1.54) is 4.90 Å². The van der Waals surface area contributed by atoms with Crippen molar-refractivity contribution in [1.29, 1.82) is 0 Å². The van der Waals surface area contributed by atoms with Crippen LogP contribution in [-0.2, 0) is 11.2 Å². The van der Waals surface area contributed by atoms with Gasteiger partial charge in [-0.2, -0.15) is 4.39 Å². The Hall–Kier alpha value is -1.88. The van der Waals surface area contributed by atoms with Gasteiger partial charge in [0.1, 0.15) is 0 Å². The molecule has 0 aromatic heterocycles. The maximum Gasteiger partial charge on any atom is 0.417 e. The molecule has 108 valence electrons. The smallest absolute Gasteiger partial charge is 0.410 e. The van der Waals surface area contributed by atoms with E-state index in [0.29, 0.717) is 5.69 Å². The minimum absolute atomic E-state index is 0.0457. The molecule has 0 saturated carbocycles. The fourth-order valence-electron chi connectivity index (χ4n) is 2.38. The highest BCUT2D eigenvalue weighted by atomic mass is 79.9. The molecular weight excluding hydrogens is 337 g/mol. The molecule has 1 saturated heterocycles. The van der Waals surface area contributed by atoms with Crippen LogP contribution in [0.3, 0.4) is 0 Å². The second-order valence-corrected chi connectivity index (χ2v) is 5.90. The first-order valence-corrected chi connectivity index (χ1v) is 7.34. The lowest BCUT2D eigenvalue weighted by Gasteiger charge is -2.17. The Bertz CT molecular complexity index is 664. The molecule has 1 amide bonds. The summed E-state index contributed by atoms with van der Waals surface area (Å²) in [4.78, 5) is 13.3. The van der Waals surface area contributed by atoms with Crippen molar-refractivity contribution >= 4 is 27.7 Å². The molecule has 1 atom stereocenters. The predicted octanol–water partition coefficient (Wildman–Crippen LogP) is 4.31. The third kappa shape index (κ3) is 3.08. The Morgan fingerprint density at radius 1 is 1.19 bits per heavy atom. The van der Waals surface area contributed by atoms with E-state index < -0.39 is 11.9 Å². The summed E-state index contributed by atoms with van der Waals surface area (Å²) in [5.41, 5.74) is 1.41. The molecule has 0 radical (unpaired) electrons. The summed E-state index contributed by atoms with van der Waals surface area (Å²) >= 11 is 3.34. The van der Waals surface area contributed by atoms with E-state index in [1.807, 2.05) is 36.4 Å². The lowest BCUT2D eigenvalue weighted by molar-refractivity contribution is -0.0562. The molecule has 0 N–H and O–H groups in total. The van der Waals surface area contributed by atoms with Gasteiger partial charge >= 0.3 is 6.09 Å². The molecule has 2 aromatic rings. The molecule has 1 fully saturated rings. The van der Waals surface area contributed by atoms with Crippen LogP contribution in [0.5, 0.6) is 0 Å². The standard InChI is InChI=1S/C16H13BrFNO2/c17-13-7-4-8-14(9-13)19-11-16(18,21-15(19)20)10-12-5-2-1-3-6-12/h1-9H,10-11H2. The largest absolute Gasteiger partial charge is 0.417 e. The molecule has 3 rings (SSSR count). The van der Waals surface area contributed by atoms with Crippen LogP contribution >= 0.6 is 15.9 Å². The van der Waals surface area contributed by atoms with Crippen molar-refractivity contribution in [3.63, 3.8) is 0 Å². The third-order valence-corrected chi connectivity index (χ3v) is 3.81. The molecule has 0 spiro atoms. The maximum absolute atomic E-state index is 14.8. The normalized spacial score (nSPS) is 21.4. The van der Waals surface area contributed by atoms with Crippen molar-refractivity contribution < 1.29 is 13.9 Å². The predicted molar refractivity (Wildman–Crippen MR) is 82.0 cm³/mol. The summed E-state index contributed by atoms with van der Waals surface area (Å²) in [6, 6.07) is 16.3. The average Bonchev–Trinajstić information content (AvgIpc) is 2.75. The minimum atomic E-state index is -2.00. The zero-order chi connectivity index (χ0) is 14.9. The zero-order valence-electron chi connectivity index (χ0n) is 11.1. The summed E-state index contributed by atoms with van der Waals surface area (Å²) in [5.74, 6) is -2.00. The van der Waals surface area contributed by atoms with Crippen LogP contribution in [0.1, 0.15) is 5.56 Å². The molecule has 0 aliphatic carbocycles. The molecule has 1 aliphatic heterocycles. The summed E-state index contributed by atoms with van der Waals surface area (Å²) in [6.45, 7) is -0.114. The number of carbonyl (C=O) groups excluding carboxylic acids is 1. The first-order chi connectivity index (χ1) is 10.1. The SMILES string of the molecule is O=C1OC(F)(Cc2ccccc2)CN1c1cccc(Br)c1. The van der Waals surface area contributed by atoms with Gasteiger partial charge < -0.3 is 4.74 Å². The van der Waals surface area contributed by atoms with Crippen LogP contribution in [0.15, 0.2) is 59.1 Å². The zero-order valence-corrected chi connectivity index (χ0v) is 12.7. The summed E-state index contributed by atoms with van der Waals surface area (Å²) in [7, 11) is 0. The summed E-state index contributed by atoms with van der Waals surface area (Å²) in [6.07, 6.45) is -0.615. The number of anilines is 1. The average molecular weight is 350 g/mol. The molecule has 1 heterocycles. The van der Waals surface area contributed by atoms with Gasteiger partial charge in [0.25, 0.3) is 5.85 Å². The van der Waals surface area contributed by atoms with E-state index in [2.05, 4.69) is 15.9 Å². The van der Waals surface area contributed by atoms with Crippen LogP contribution in [0.2, 0.25) is 0 Å². The third-order valence-electron chi connectivity index (χ3n) is 3.32. The van der Waals surface area contributed by atoms with Gasteiger partial charge in [-0.15, -0.1) is 0 Å². The maximum atomic E-state index is 14.8. The van der Waals surface area contributed by atoms with E-state index in [1.54, 1.807) is 18.2 Å². The fraction of sp³-hybridized carbons (Fsp3) is 0.188. The molecule has 21 heavy (non-hydrogen) atoms. The highest BCUT2D eigenvalue weighted by Crippen LogP contribution is 2.32. The van der Waals surface area contributed by atoms with Crippen molar-refractivity contribution in [2.45, 2.75) is 12.3 Å². The summed E-state index contributed by atoms with van der Waals surface area (Å²) < 4.78 is 20.6. The number of cyclic esters (lactones) is 1. The van der Waals surface area contributed by atoms with Gasteiger partial charge in [-0.25, -0.2) is 4.79 Å². The number of ether oxygens (including phenoxy) is 1. The second kappa shape index (κ2) is 5.48. The van der Waals surface area contributed by atoms with Crippen LogP contribution in [0.4, 0.5) is 14.9 Å². The lowest BCUT2D eigenvalue weighted by atomic mass is 10.1. The van der Waals surface area contributed by atoms with Gasteiger partial charge in [0.15, 0.2) is 0 Å². The topological polar surface area (TPSA) is 29.5 Å². The van der Waals surface area contributed by atoms with Crippen LogP contribution in [0, 0.1) is 0 Å². The number of alkyl halides is 1. The Balaban J connectivity index is 1.80. The summed E-state index contributed by atoms with van der Waals surface area (Å²) in [5, 5.41) is 0. The van der Waals surface area contributed by atoms with Crippen molar-refractivity contribution in [2.75, 3.05) is 11.4 Å². The van der Waals surface area contributed by atoms with Gasteiger partial charge in [-0.3, -0.25) is 4.90 Å². The Labute approximate surface area is 130 Å². The molecule has 1 unspecified atom stereocenters. The Kier molecular flexibility index (Phi) is 3.68. The van der Waals surface area contributed by atoms with Crippen molar-refractivity contribution in [1.82, 2.24) is 0 Å². The minimum Gasteiger partial charge on any atom is -0.410 e. The van der Waals surface area contributed by atoms with Crippen molar-refractivity contribution in [3.8, 4) is 0 Å². The number of carbonyl (C=O) groups is 1. The van der Waals surface area contributed by atoms with Crippen LogP contribution in [0.25, 0.3) is 0 Å². The highest BCUT2D eigenvalue weighted by molar-refractivity contribution is 9.10. The number of benzene rings is 2. The van der Waals surface area contributed by atoms with E-state index in [9.17, 15) is 9.18 Å². The van der Waals surface area contributed by atoms with Gasteiger partial charge in [-0.05, 0) is 23.8 Å². The number of hydrogen-bond acceptors (Lipinski definition) is 2. The number of rotatable bonds is 3. The van der Waals surface area contributed by atoms with Crippen molar-refractivity contribution in [2.24, 2.45) is 0 Å². The number of halogens is 2. The van der Waals surface area contributed by atoms with Gasteiger partial charge in [0.05, 0.1) is 6.54 Å². The van der Waals surface area contributed by atoms with E-state index in [-0.39, 0.29) is 13.0 Å². The van der Waals surface area contributed by atoms with Gasteiger partial charge in [0, 0.05) is 16.6 Å². The molecule has 2 aromatic carbocycles. The molecule has 1 aliphatic rings.